The monoisotopic (exact) mass is 312 g/mol. The molecular formula is C17H16N2O2S. The predicted molar refractivity (Wildman–Crippen MR) is 88.1 cm³/mol. The summed E-state index contributed by atoms with van der Waals surface area (Å²) in [5.41, 5.74) is 3.15. The van der Waals surface area contributed by atoms with Crippen LogP contribution in [-0.4, -0.2) is 22.5 Å². The second-order valence-corrected chi connectivity index (χ2v) is 5.95. The van der Waals surface area contributed by atoms with E-state index >= 15 is 0 Å². The second kappa shape index (κ2) is 6.25. The van der Waals surface area contributed by atoms with Gasteiger partial charge in [0, 0.05) is 6.54 Å². The number of rotatable bonds is 4. The topological polar surface area (TPSA) is 62.2 Å². The molecule has 5 heteroatoms. The minimum Gasteiger partial charge on any atom is -0.387 e. The molecule has 0 aliphatic rings. The lowest BCUT2D eigenvalue weighted by Gasteiger charge is -2.13. The Hall–Kier alpha value is -2.24. The standard InChI is InChI=1S/C17H16N2O2S/c1-11-16(22-10-19-11)17(21)18-9-15(20)14-7-6-12-4-2-3-5-13(12)8-14/h2-8,10,15,20H,9H2,1H3,(H,18,21). The number of aryl methyl sites for hydroxylation is 1. The molecule has 0 spiro atoms. The highest BCUT2D eigenvalue weighted by Gasteiger charge is 2.14. The number of fused-ring (bicyclic) bond motifs is 1. The fourth-order valence-corrected chi connectivity index (χ4v) is 3.04. The van der Waals surface area contributed by atoms with Crippen LogP contribution in [0.2, 0.25) is 0 Å². The van der Waals surface area contributed by atoms with Gasteiger partial charge in [0.1, 0.15) is 4.88 Å². The van der Waals surface area contributed by atoms with Crippen LogP contribution >= 0.6 is 11.3 Å². The molecule has 0 aliphatic carbocycles. The van der Waals surface area contributed by atoms with Crippen LogP contribution in [-0.2, 0) is 0 Å². The quantitative estimate of drug-likeness (QED) is 0.778. The van der Waals surface area contributed by atoms with Gasteiger partial charge < -0.3 is 10.4 Å². The van der Waals surface area contributed by atoms with E-state index in [0.29, 0.717) is 10.6 Å². The third-order valence-corrected chi connectivity index (χ3v) is 4.49. The number of nitrogens with one attached hydrogen (secondary N) is 1. The molecule has 0 saturated heterocycles. The number of hydrogen-bond donors (Lipinski definition) is 2. The number of aromatic nitrogens is 1. The van der Waals surface area contributed by atoms with Gasteiger partial charge in [-0.1, -0.05) is 36.4 Å². The Bertz CT molecular complexity index is 813. The first-order chi connectivity index (χ1) is 10.6. The lowest BCUT2D eigenvalue weighted by atomic mass is 10.0. The summed E-state index contributed by atoms with van der Waals surface area (Å²) in [5.74, 6) is -0.195. The van der Waals surface area contributed by atoms with Crippen molar-refractivity contribution >= 4 is 28.0 Å². The zero-order chi connectivity index (χ0) is 15.5. The third-order valence-electron chi connectivity index (χ3n) is 3.57. The van der Waals surface area contributed by atoms with Gasteiger partial charge >= 0.3 is 0 Å². The molecule has 22 heavy (non-hydrogen) atoms. The summed E-state index contributed by atoms with van der Waals surface area (Å²) in [6.07, 6.45) is -0.734. The summed E-state index contributed by atoms with van der Waals surface area (Å²) >= 11 is 1.30. The summed E-state index contributed by atoms with van der Waals surface area (Å²) in [4.78, 5) is 16.7. The average molecular weight is 312 g/mol. The lowest BCUT2D eigenvalue weighted by molar-refractivity contribution is 0.0919. The van der Waals surface area contributed by atoms with Gasteiger partial charge in [0.15, 0.2) is 0 Å². The van der Waals surface area contributed by atoms with Crippen molar-refractivity contribution < 1.29 is 9.90 Å². The molecule has 4 nitrogen and oxygen atoms in total. The summed E-state index contributed by atoms with van der Waals surface area (Å²) < 4.78 is 0. The van der Waals surface area contributed by atoms with E-state index in [1.165, 1.54) is 11.3 Å². The summed E-state index contributed by atoms with van der Waals surface area (Å²) in [5, 5.41) is 15.2. The Morgan fingerprint density at radius 1 is 1.27 bits per heavy atom. The summed E-state index contributed by atoms with van der Waals surface area (Å²) in [6.45, 7) is 1.97. The van der Waals surface area contributed by atoms with Crippen LogP contribution < -0.4 is 5.32 Å². The molecule has 0 bridgehead atoms. The Kier molecular flexibility index (Phi) is 4.18. The van der Waals surface area contributed by atoms with E-state index in [4.69, 9.17) is 0 Å². The van der Waals surface area contributed by atoms with Crippen LogP contribution in [0.15, 0.2) is 48.0 Å². The molecule has 1 unspecified atom stereocenters. The number of aliphatic hydroxyl groups is 1. The number of aliphatic hydroxyl groups excluding tert-OH is 1. The summed E-state index contributed by atoms with van der Waals surface area (Å²) in [7, 11) is 0. The van der Waals surface area contributed by atoms with Crippen molar-refractivity contribution in [3.63, 3.8) is 0 Å². The van der Waals surface area contributed by atoms with E-state index in [-0.39, 0.29) is 12.5 Å². The molecule has 1 aromatic heterocycles. The first-order valence-electron chi connectivity index (χ1n) is 7.00. The number of nitrogens with zero attached hydrogens (tertiary/aromatic N) is 1. The SMILES string of the molecule is Cc1ncsc1C(=O)NCC(O)c1ccc2ccccc2c1. The second-order valence-electron chi connectivity index (χ2n) is 5.10. The Labute approximate surface area is 132 Å². The number of carbonyl (C=O) groups is 1. The highest BCUT2D eigenvalue weighted by atomic mass is 32.1. The Morgan fingerprint density at radius 2 is 2.05 bits per heavy atom. The largest absolute Gasteiger partial charge is 0.387 e. The van der Waals surface area contributed by atoms with Crippen LogP contribution in [0, 0.1) is 6.92 Å². The molecule has 0 saturated carbocycles. The van der Waals surface area contributed by atoms with Gasteiger partial charge in [-0.15, -0.1) is 11.3 Å². The third kappa shape index (κ3) is 3.00. The maximum Gasteiger partial charge on any atom is 0.263 e. The van der Waals surface area contributed by atoms with Gasteiger partial charge in [-0.25, -0.2) is 4.98 Å². The first-order valence-corrected chi connectivity index (χ1v) is 7.88. The van der Waals surface area contributed by atoms with Crippen molar-refractivity contribution in [2.24, 2.45) is 0 Å². The minimum absolute atomic E-state index is 0.175. The van der Waals surface area contributed by atoms with Gasteiger partial charge in [-0.3, -0.25) is 4.79 Å². The number of carbonyl (C=O) groups excluding carboxylic acids is 1. The van der Waals surface area contributed by atoms with Gasteiger partial charge in [0.25, 0.3) is 5.91 Å². The molecule has 2 aromatic carbocycles. The van der Waals surface area contributed by atoms with E-state index in [2.05, 4.69) is 10.3 Å². The van der Waals surface area contributed by atoms with Crippen molar-refractivity contribution in [1.82, 2.24) is 10.3 Å². The highest BCUT2D eigenvalue weighted by Crippen LogP contribution is 2.20. The Balaban J connectivity index is 1.69. The molecule has 0 radical (unpaired) electrons. The zero-order valence-corrected chi connectivity index (χ0v) is 12.9. The highest BCUT2D eigenvalue weighted by molar-refractivity contribution is 7.11. The predicted octanol–water partition coefficient (Wildman–Crippen LogP) is 3.07. The van der Waals surface area contributed by atoms with Gasteiger partial charge in [-0.2, -0.15) is 0 Å². The molecule has 1 amide bonds. The zero-order valence-electron chi connectivity index (χ0n) is 12.1. The fraction of sp³-hybridized carbons (Fsp3) is 0.176. The van der Waals surface area contributed by atoms with E-state index in [9.17, 15) is 9.90 Å². The van der Waals surface area contributed by atoms with Crippen LogP contribution in [0.5, 0.6) is 0 Å². The maximum absolute atomic E-state index is 12.0. The van der Waals surface area contributed by atoms with Crippen molar-refractivity contribution in [3.05, 3.63) is 64.1 Å². The lowest BCUT2D eigenvalue weighted by Crippen LogP contribution is -2.28. The first kappa shape index (κ1) is 14.7. The van der Waals surface area contributed by atoms with Gasteiger partial charge in [-0.05, 0) is 29.3 Å². The number of thiazole rings is 1. The van der Waals surface area contributed by atoms with E-state index in [1.54, 1.807) is 12.4 Å². The molecule has 3 rings (SSSR count). The normalized spacial score (nSPS) is 12.3. The summed E-state index contributed by atoms with van der Waals surface area (Å²) in [6, 6.07) is 13.8. The van der Waals surface area contributed by atoms with Crippen LogP contribution in [0.25, 0.3) is 10.8 Å². The van der Waals surface area contributed by atoms with Crippen LogP contribution in [0.1, 0.15) is 27.0 Å². The molecule has 1 atom stereocenters. The van der Waals surface area contributed by atoms with Crippen LogP contribution in [0.3, 0.4) is 0 Å². The molecule has 1 heterocycles. The molecule has 112 valence electrons. The van der Waals surface area contributed by atoms with Crippen LogP contribution in [0.4, 0.5) is 0 Å². The van der Waals surface area contributed by atoms with Gasteiger partial charge in [0.05, 0.1) is 17.3 Å². The molecule has 3 aromatic rings. The molecule has 0 fully saturated rings. The van der Waals surface area contributed by atoms with Gasteiger partial charge in [0.2, 0.25) is 0 Å². The van der Waals surface area contributed by atoms with E-state index in [0.717, 1.165) is 16.3 Å². The Morgan fingerprint density at radius 3 is 2.77 bits per heavy atom. The average Bonchev–Trinajstić information content (AvgIpc) is 2.98. The fourth-order valence-electron chi connectivity index (χ4n) is 2.32. The number of benzene rings is 2. The van der Waals surface area contributed by atoms with Crippen molar-refractivity contribution in [3.8, 4) is 0 Å². The van der Waals surface area contributed by atoms with E-state index < -0.39 is 6.10 Å². The van der Waals surface area contributed by atoms with E-state index in [1.807, 2.05) is 42.5 Å². The van der Waals surface area contributed by atoms with Crippen molar-refractivity contribution in [1.29, 1.82) is 0 Å². The molecular weight excluding hydrogens is 296 g/mol. The van der Waals surface area contributed by atoms with Crippen molar-refractivity contribution in [2.75, 3.05) is 6.54 Å². The smallest absolute Gasteiger partial charge is 0.263 e. The molecule has 2 N–H and O–H groups in total. The maximum atomic E-state index is 12.0. The number of amides is 1. The molecule has 0 aliphatic heterocycles. The minimum atomic E-state index is -0.734. The number of hydrogen-bond acceptors (Lipinski definition) is 4. The van der Waals surface area contributed by atoms with Crippen molar-refractivity contribution in [2.45, 2.75) is 13.0 Å².